The quantitative estimate of drug-likeness (QED) is 0.105. The van der Waals surface area contributed by atoms with Gasteiger partial charge in [-0.1, -0.05) is 20.3 Å². The van der Waals surface area contributed by atoms with E-state index in [0.29, 0.717) is 96.7 Å². The highest BCUT2D eigenvalue weighted by atomic mass is 15.3. The molecule has 8 heterocycles. The number of fused-ring (bicyclic) bond motifs is 1. The van der Waals surface area contributed by atoms with Crippen LogP contribution in [0.2, 0.25) is 0 Å². The number of hydrogen-bond donors (Lipinski definition) is 13. The molecular formula is C69H157N21. The zero-order valence-electron chi connectivity index (χ0n) is 63.0. The van der Waals surface area contributed by atoms with Crippen molar-refractivity contribution >= 4 is 0 Å². The van der Waals surface area contributed by atoms with Gasteiger partial charge in [-0.2, -0.15) is 0 Å². The summed E-state index contributed by atoms with van der Waals surface area (Å²) in [5.74, 6) is 0. The molecule has 21 nitrogen and oxygen atoms in total. The van der Waals surface area contributed by atoms with Crippen LogP contribution in [0.3, 0.4) is 0 Å². The highest BCUT2D eigenvalue weighted by Gasteiger charge is 2.34. The third-order valence-electron chi connectivity index (χ3n) is 20.3. The minimum Gasteiger partial charge on any atom is -0.328 e. The minimum atomic E-state index is -0.0835. The first kappa shape index (κ1) is 85.2. The fraction of sp³-hybridized carbons (Fsp3) is 1.00. The van der Waals surface area contributed by atoms with E-state index >= 15 is 0 Å². The highest BCUT2D eigenvalue weighted by Crippen LogP contribution is 2.19. The molecule has 0 saturated carbocycles. The molecule has 0 aromatic carbocycles. The number of rotatable bonds is 16. The summed E-state index contributed by atoms with van der Waals surface area (Å²) in [5.41, 5.74) is 35.5. The van der Waals surface area contributed by atoms with Gasteiger partial charge in [0.25, 0.3) is 0 Å². The van der Waals surface area contributed by atoms with Crippen LogP contribution in [-0.2, 0) is 0 Å². The number of piperazine rings is 8. The Morgan fingerprint density at radius 2 is 0.756 bits per heavy atom. The molecule has 0 radical (unpaired) electrons. The van der Waals surface area contributed by atoms with Gasteiger partial charge < -0.3 is 76.5 Å². The van der Waals surface area contributed by atoms with Crippen molar-refractivity contribution in [1.82, 2.24) is 76.4 Å². The second-order valence-electron chi connectivity index (χ2n) is 30.8. The molecule has 0 amide bonds. The van der Waals surface area contributed by atoms with E-state index in [0.717, 1.165) is 143 Å². The molecule has 19 N–H and O–H groups in total. The summed E-state index contributed by atoms with van der Waals surface area (Å²) in [4.78, 5) is 20.2. The van der Waals surface area contributed by atoms with Gasteiger partial charge in [0.1, 0.15) is 0 Å². The molecule has 8 aliphatic heterocycles. The van der Waals surface area contributed by atoms with Gasteiger partial charge in [-0.3, -0.25) is 34.3 Å². The Hall–Kier alpha value is -0.840. The lowest BCUT2D eigenvalue weighted by Crippen LogP contribution is -2.63. The monoisotopic (exact) mass is 1280 g/mol. The molecule has 0 aliphatic carbocycles. The Bertz CT molecular complexity index is 1700. The van der Waals surface area contributed by atoms with Crippen molar-refractivity contribution in [2.24, 2.45) is 34.4 Å². The summed E-state index contributed by atoms with van der Waals surface area (Å²) in [6.45, 7) is 71.0. The van der Waals surface area contributed by atoms with Gasteiger partial charge in [0.2, 0.25) is 0 Å². The van der Waals surface area contributed by atoms with E-state index < -0.39 is 0 Å². The second kappa shape index (κ2) is 44.9. The lowest BCUT2D eigenvalue weighted by atomic mass is 10.0. The van der Waals surface area contributed by atoms with Crippen LogP contribution in [0.4, 0.5) is 0 Å². The lowest BCUT2D eigenvalue weighted by Gasteiger charge is -2.46. The molecule has 8 aliphatic rings. The van der Waals surface area contributed by atoms with E-state index in [1.165, 1.54) is 39.1 Å². The van der Waals surface area contributed by atoms with E-state index in [2.05, 4.69) is 229 Å². The van der Waals surface area contributed by atoms with Crippen molar-refractivity contribution in [2.75, 3.05) is 151 Å². The van der Waals surface area contributed by atoms with Gasteiger partial charge in [-0.25, -0.2) is 0 Å². The van der Waals surface area contributed by atoms with Crippen LogP contribution in [0, 0.1) is 0 Å². The van der Waals surface area contributed by atoms with Gasteiger partial charge in [0.05, 0.1) is 0 Å². The molecule has 8 saturated heterocycles. The number of likely N-dealkylation sites (N-methyl/N-ethyl adjacent to an activating group) is 1. The second-order valence-corrected chi connectivity index (χ2v) is 30.8. The topological polar surface area (TPSA) is 266 Å². The summed E-state index contributed by atoms with van der Waals surface area (Å²) in [6.07, 6.45) is 4.51. The van der Waals surface area contributed by atoms with Crippen LogP contribution < -0.4 is 71.6 Å². The molecule has 0 aromatic heterocycles. The Morgan fingerprint density at radius 3 is 1.11 bits per heavy atom. The van der Waals surface area contributed by atoms with Crippen LogP contribution in [0.25, 0.3) is 0 Å². The molecule has 538 valence electrons. The van der Waals surface area contributed by atoms with Crippen molar-refractivity contribution in [3.05, 3.63) is 0 Å². The molecule has 21 heteroatoms. The molecular weight excluding hydrogens is 1120 g/mol. The number of nitrogens with two attached hydrogens (primary N) is 6. The van der Waals surface area contributed by atoms with Gasteiger partial charge in [-0.15, -0.1) is 0 Å². The maximum Gasteiger partial charge on any atom is 0.0351 e. The summed E-state index contributed by atoms with van der Waals surface area (Å²) in [6, 6.07) is 11.0. The summed E-state index contributed by atoms with van der Waals surface area (Å²) >= 11 is 0. The first-order valence-corrected chi connectivity index (χ1v) is 36.7. The van der Waals surface area contributed by atoms with E-state index in [9.17, 15) is 0 Å². The predicted molar refractivity (Wildman–Crippen MR) is 391 cm³/mol. The SMILES string of the molecule is CC(N)C(C)N1C(C)CNCC1C.CC(N)CCN1C(C)CNCC1C.CC(N)CN1C(C)CNCC1C.CC1CNCC(C)N1CC(C)(C)N.CC1CNCC2CN(C)CCN12.CCC(N)CN1C(C)CNCC1C.CCCC(N)CN1C(C)CNCC1C. The number of hydrogen-bond acceptors (Lipinski definition) is 21. The van der Waals surface area contributed by atoms with Gasteiger partial charge >= 0.3 is 0 Å². The largest absolute Gasteiger partial charge is 0.328 e. The molecule has 0 bridgehead atoms. The van der Waals surface area contributed by atoms with Crippen LogP contribution in [0.1, 0.15) is 171 Å². The van der Waals surface area contributed by atoms with Gasteiger partial charge in [0, 0.05) is 270 Å². The average molecular weight is 1280 g/mol. The van der Waals surface area contributed by atoms with E-state index in [1.54, 1.807) is 0 Å². The van der Waals surface area contributed by atoms with Crippen molar-refractivity contribution in [3.8, 4) is 0 Å². The van der Waals surface area contributed by atoms with E-state index in [4.69, 9.17) is 34.4 Å². The molecule has 90 heavy (non-hydrogen) atoms. The summed E-state index contributed by atoms with van der Waals surface area (Å²) < 4.78 is 0. The Labute approximate surface area is 557 Å². The molecule has 8 fully saturated rings. The first-order valence-electron chi connectivity index (χ1n) is 36.7. The fourth-order valence-corrected chi connectivity index (χ4v) is 14.6. The number of nitrogens with one attached hydrogen (secondary N) is 7. The van der Waals surface area contributed by atoms with Crippen LogP contribution >= 0.6 is 0 Å². The zero-order valence-corrected chi connectivity index (χ0v) is 63.0. The molecule has 0 aromatic rings. The summed E-state index contributed by atoms with van der Waals surface area (Å²) in [7, 11) is 2.22. The van der Waals surface area contributed by atoms with Crippen LogP contribution in [0.15, 0.2) is 0 Å². The Kier molecular flexibility index (Phi) is 42.5. The Morgan fingerprint density at radius 1 is 0.411 bits per heavy atom. The Balaban J connectivity index is 0.000000358. The minimum absolute atomic E-state index is 0.0835. The third kappa shape index (κ3) is 32.5. The third-order valence-corrected chi connectivity index (χ3v) is 20.3. The van der Waals surface area contributed by atoms with Gasteiger partial charge in [-0.05, 0) is 158 Å². The molecule has 20 atom stereocenters. The van der Waals surface area contributed by atoms with Crippen molar-refractivity contribution in [3.63, 3.8) is 0 Å². The van der Waals surface area contributed by atoms with Crippen LogP contribution in [0.5, 0.6) is 0 Å². The van der Waals surface area contributed by atoms with Crippen molar-refractivity contribution in [2.45, 2.75) is 297 Å². The lowest BCUT2D eigenvalue weighted by molar-refractivity contribution is 0.0366. The van der Waals surface area contributed by atoms with Crippen LogP contribution in [-0.4, -0.2) is 317 Å². The van der Waals surface area contributed by atoms with E-state index in [1.807, 2.05) is 0 Å². The predicted octanol–water partition coefficient (Wildman–Crippen LogP) is 2.03. The van der Waals surface area contributed by atoms with Crippen molar-refractivity contribution < 1.29 is 0 Å². The number of nitrogens with zero attached hydrogens (tertiary/aromatic N) is 8. The first-order chi connectivity index (χ1) is 42.2. The average Bonchev–Trinajstić information content (AvgIpc) is 1.29. The molecule has 8 rings (SSSR count). The van der Waals surface area contributed by atoms with E-state index in [-0.39, 0.29) is 17.6 Å². The highest BCUT2D eigenvalue weighted by molar-refractivity contribution is 4.93. The molecule has 20 unspecified atom stereocenters. The normalized spacial score (nSPS) is 34.3. The summed E-state index contributed by atoms with van der Waals surface area (Å²) in [5, 5.41) is 24.0. The smallest absolute Gasteiger partial charge is 0.0351 e. The molecule has 0 spiro atoms. The maximum absolute atomic E-state index is 6.08. The fourth-order valence-electron chi connectivity index (χ4n) is 14.6. The maximum atomic E-state index is 6.08. The van der Waals surface area contributed by atoms with Crippen molar-refractivity contribution in [1.29, 1.82) is 0 Å². The van der Waals surface area contributed by atoms with Gasteiger partial charge in [0.15, 0.2) is 0 Å². The zero-order chi connectivity index (χ0) is 68.0. The standard InChI is InChI=1S/C11H25N3.4C10H23N3.C9H19N3.C9H21N3/c1-4-5-11(12)8-14-9(2)6-13-7-10(14)3;1-8-5-12-6-9(2)13(8)7-10(3,4)11;1-7-5-12-6-8(2)13(7)10(4)9(3)11;1-8(11)4-5-13-9(2)6-12-7-10(13)3;1-4-10(11)7-13-8(2)5-12-6-9(13)3;1-8-5-10-6-9-7-11(2)3-4-12(8)9;1-7(10)6-12-8(2)4-11-5-9(12)3/h9-11,13H,4-8,12H2,1-3H3;8-9,12H,5-7,11H2,1-4H3;7-10,12H,5-6,11H2,1-4H3;2*8-10,12H,4-7,11H2,1-3H3;8-10H,3-7H2,1-2H3;7-9,11H,4-6,10H2,1-3H3.